The Morgan fingerprint density at radius 2 is 1.96 bits per heavy atom. The molecule has 5 nitrogen and oxygen atoms in total. The predicted octanol–water partition coefficient (Wildman–Crippen LogP) is 3.36. The summed E-state index contributed by atoms with van der Waals surface area (Å²) in [7, 11) is -3.64. The molecule has 0 fully saturated rings. The number of nitrogens with zero attached hydrogens (tertiary/aromatic N) is 1. The molecule has 0 aliphatic carbocycles. The van der Waals surface area contributed by atoms with Gasteiger partial charge in [-0.3, -0.25) is 4.79 Å². The van der Waals surface area contributed by atoms with Gasteiger partial charge in [0.1, 0.15) is 0 Å². The minimum absolute atomic E-state index is 0.119. The van der Waals surface area contributed by atoms with Crippen molar-refractivity contribution in [3.05, 3.63) is 59.7 Å². The third-order valence-corrected chi connectivity index (χ3v) is 6.30. The molecule has 0 aromatic heterocycles. The minimum atomic E-state index is -3.64. The summed E-state index contributed by atoms with van der Waals surface area (Å²) < 4.78 is 27.7. The lowest BCUT2D eigenvalue weighted by Crippen LogP contribution is -2.36. The van der Waals surface area contributed by atoms with Gasteiger partial charge >= 0.3 is 0 Å². The number of hydrogen-bond donors (Lipinski definition) is 1. The molecule has 1 amide bonds. The van der Waals surface area contributed by atoms with Crippen LogP contribution in [0.15, 0.2) is 53.4 Å². The number of para-hydroxylation sites is 1. The van der Waals surface area contributed by atoms with Gasteiger partial charge in [0.15, 0.2) is 0 Å². The van der Waals surface area contributed by atoms with E-state index in [1.54, 1.807) is 17.0 Å². The number of rotatable bonds is 5. The monoisotopic (exact) mass is 372 g/mol. The van der Waals surface area contributed by atoms with Gasteiger partial charge in [0, 0.05) is 23.8 Å². The fraction of sp³-hybridized carbons (Fsp3) is 0.350. The van der Waals surface area contributed by atoms with Gasteiger partial charge in [-0.2, -0.15) is 0 Å². The van der Waals surface area contributed by atoms with E-state index in [0.717, 1.165) is 24.1 Å². The topological polar surface area (TPSA) is 66.5 Å². The zero-order chi connectivity index (χ0) is 18.7. The fourth-order valence-corrected chi connectivity index (χ4v) is 4.49. The van der Waals surface area contributed by atoms with E-state index in [2.05, 4.69) is 4.72 Å². The van der Waals surface area contributed by atoms with Gasteiger partial charge in [-0.15, -0.1) is 0 Å². The Hall–Kier alpha value is -2.18. The normalized spacial score (nSPS) is 15.4. The van der Waals surface area contributed by atoms with Gasteiger partial charge in [-0.25, -0.2) is 13.1 Å². The Balaban J connectivity index is 1.91. The molecule has 1 aliphatic heterocycles. The van der Waals surface area contributed by atoms with Gasteiger partial charge < -0.3 is 4.90 Å². The molecule has 1 heterocycles. The molecule has 2 aromatic rings. The van der Waals surface area contributed by atoms with Crippen molar-refractivity contribution < 1.29 is 13.2 Å². The maximum Gasteiger partial charge on any atom is 0.258 e. The van der Waals surface area contributed by atoms with Crippen LogP contribution in [0.25, 0.3) is 0 Å². The number of aryl methyl sites for hydroxylation is 1. The number of anilines is 1. The van der Waals surface area contributed by atoms with E-state index in [1.165, 1.54) is 12.1 Å². The zero-order valence-electron chi connectivity index (χ0n) is 15.1. The maximum atomic E-state index is 13.0. The summed E-state index contributed by atoms with van der Waals surface area (Å²) in [6, 6.07) is 14.0. The number of hydrogen-bond acceptors (Lipinski definition) is 3. The van der Waals surface area contributed by atoms with Crippen LogP contribution < -0.4 is 9.62 Å². The minimum Gasteiger partial charge on any atom is -0.308 e. The lowest BCUT2D eigenvalue weighted by molar-refractivity contribution is 0.0985. The second-order valence-corrected chi connectivity index (χ2v) is 8.36. The number of carbonyl (C=O) groups is 1. The van der Waals surface area contributed by atoms with Crippen molar-refractivity contribution in [3.8, 4) is 0 Å². The lowest BCUT2D eigenvalue weighted by Gasteiger charge is -2.29. The smallest absolute Gasteiger partial charge is 0.258 e. The van der Waals surface area contributed by atoms with Gasteiger partial charge in [0.2, 0.25) is 10.0 Å². The highest BCUT2D eigenvalue weighted by Crippen LogP contribution is 2.28. The molecule has 0 radical (unpaired) electrons. The molecule has 0 saturated heterocycles. The molecule has 138 valence electrons. The van der Waals surface area contributed by atoms with Crippen molar-refractivity contribution in [2.75, 3.05) is 11.4 Å². The van der Waals surface area contributed by atoms with Crippen LogP contribution in [-0.4, -0.2) is 26.9 Å². The Morgan fingerprint density at radius 1 is 1.19 bits per heavy atom. The molecule has 2 aromatic carbocycles. The van der Waals surface area contributed by atoms with E-state index in [1.807, 2.05) is 38.1 Å². The van der Waals surface area contributed by atoms with Crippen LogP contribution in [0.3, 0.4) is 0 Å². The third-order valence-electron chi connectivity index (χ3n) is 4.72. The van der Waals surface area contributed by atoms with E-state index < -0.39 is 10.0 Å². The largest absolute Gasteiger partial charge is 0.308 e. The lowest BCUT2D eigenvalue weighted by atomic mass is 10.0. The highest BCUT2D eigenvalue weighted by Gasteiger charge is 2.25. The summed E-state index contributed by atoms with van der Waals surface area (Å²) in [5, 5.41) is 0. The Bertz CT molecular complexity index is 909. The summed E-state index contributed by atoms with van der Waals surface area (Å²) in [5.41, 5.74) is 2.44. The van der Waals surface area contributed by atoms with E-state index >= 15 is 0 Å². The number of carbonyl (C=O) groups excluding carboxylic acids is 1. The van der Waals surface area contributed by atoms with Crippen LogP contribution >= 0.6 is 0 Å². The van der Waals surface area contributed by atoms with Crippen molar-refractivity contribution in [1.82, 2.24) is 4.72 Å². The summed E-state index contributed by atoms with van der Waals surface area (Å²) in [4.78, 5) is 14.9. The molecule has 1 aliphatic rings. The zero-order valence-corrected chi connectivity index (χ0v) is 15.9. The molecule has 6 heteroatoms. The van der Waals surface area contributed by atoms with Crippen LogP contribution in [-0.2, 0) is 16.4 Å². The average Bonchev–Trinajstić information content (AvgIpc) is 2.66. The van der Waals surface area contributed by atoms with Crippen LogP contribution in [0.4, 0.5) is 5.69 Å². The van der Waals surface area contributed by atoms with Gasteiger partial charge in [0.25, 0.3) is 5.91 Å². The molecular weight excluding hydrogens is 348 g/mol. The quantitative estimate of drug-likeness (QED) is 0.875. The maximum absolute atomic E-state index is 13.0. The van der Waals surface area contributed by atoms with Crippen LogP contribution in [0.1, 0.15) is 42.6 Å². The number of sulfonamides is 1. The van der Waals surface area contributed by atoms with E-state index in [0.29, 0.717) is 18.5 Å². The second kappa shape index (κ2) is 7.60. The highest BCUT2D eigenvalue weighted by molar-refractivity contribution is 7.89. The summed E-state index contributed by atoms with van der Waals surface area (Å²) in [6.07, 6.45) is 2.55. The number of nitrogens with one attached hydrogen (secondary N) is 1. The van der Waals surface area contributed by atoms with E-state index in [9.17, 15) is 13.2 Å². The molecule has 1 N–H and O–H groups in total. The SMILES string of the molecule is CCC(C)NS(=O)(=O)c1cccc(C(=O)N2CCCc3ccccc32)c1. The molecule has 1 unspecified atom stereocenters. The first kappa shape index (κ1) is 18.6. The average molecular weight is 372 g/mol. The second-order valence-electron chi connectivity index (χ2n) is 6.65. The van der Waals surface area contributed by atoms with Crippen molar-refractivity contribution in [3.63, 3.8) is 0 Å². The van der Waals surface area contributed by atoms with Crippen molar-refractivity contribution >= 4 is 21.6 Å². The summed E-state index contributed by atoms with van der Waals surface area (Å²) in [5.74, 6) is -0.169. The first-order valence-electron chi connectivity index (χ1n) is 8.94. The molecule has 3 rings (SSSR count). The highest BCUT2D eigenvalue weighted by atomic mass is 32.2. The van der Waals surface area contributed by atoms with Crippen molar-refractivity contribution in [2.45, 2.75) is 44.0 Å². The number of amides is 1. The molecule has 1 atom stereocenters. The van der Waals surface area contributed by atoms with E-state index in [4.69, 9.17) is 0 Å². The molecule has 0 bridgehead atoms. The van der Waals surface area contributed by atoms with Gasteiger partial charge in [-0.05, 0) is 56.0 Å². The van der Waals surface area contributed by atoms with Crippen molar-refractivity contribution in [1.29, 1.82) is 0 Å². The Labute approximate surface area is 155 Å². The van der Waals surface area contributed by atoms with E-state index in [-0.39, 0.29) is 16.8 Å². The molecule has 0 spiro atoms. The fourth-order valence-electron chi connectivity index (χ4n) is 3.11. The van der Waals surface area contributed by atoms with Crippen LogP contribution in [0.2, 0.25) is 0 Å². The molecular formula is C20H24N2O3S. The molecule has 26 heavy (non-hydrogen) atoms. The molecule has 0 saturated carbocycles. The number of benzene rings is 2. The Morgan fingerprint density at radius 3 is 2.73 bits per heavy atom. The van der Waals surface area contributed by atoms with Gasteiger partial charge in [-0.1, -0.05) is 31.2 Å². The third kappa shape index (κ3) is 3.81. The van der Waals surface area contributed by atoms with Crippen molar-refractivity contribution in [2.24, 2.45) is 0 Å². The summed E-state index contributed by atoms with van der Waals surface area (Å²) >= 11 is 0. The predicted molar refractivity (Wildman–Crippen MR) is 103 cm³/mol. The van der Waals surface area contributed by atoms with Crippen LogP contribution in [0, 0.1) is 0 Å². The van der Waals surface area contributed by atoms with Crippen LogP contribution in [0.5, 0.6) is 0 Å². The standard InChI is InChI=1S/C20H24N2O3S/c1-3-15(2)21-26(24,25)18-11-6-9-17(14-18)20(23)22-13-7-10-16-8-4-5-12-19(16)22/h4-6,8-9,11-12,14-15,21H,3,7,10,13H2,1-2H3. The first-order chi connectivity index (χ1) is 12.4. The number of fused-ring (bicyclic) bond motifs is 1. The summed E-state index contributed by atoms with van der Waals surface area (Å²) in [6.45, 7) is 4.37. The first-order valence-corrected chi connectivity index (χ1v) is 10.4. The Kier molecular flexibility index (Phi) is 5.44. The van der Waals surface area contributed by atoms with Gasteiger partial charge in [0.05, 0.1) is 4.90 Å².